The molecule has 21 heavy (non-hydrogen) atoms. The van der Waals surface area contributed by atoms with E-state index in [2.05, 4.69) is 5.32 Å². The topological polar surface area (TPSA) is 64.3 Å². The Morgan fingerprint density at radius 2 is 2.00 bits per heavy atom. The van der Waals surface area contributed by atoms with Crippen LogP contribution < -0.4 is 11.1 Å². The summed E-state index contributed by atoms with van der Waals surface area (Å²) in [4.78, 5) is 12.0. The Hall–Kier alpha value is -1.55. The molecule has 1 fully saturated rings. The maximum atomic E-state index is 12.0. The van der Waals surface area contributed by atoms with E-state index < -0.39 is 0 Å². The van der Waals surface area contributed by atoms with Crippen LogP contribution in [-0.4, -0.2) is 18.6 Å². The van der Waals surface area contributed by atoms with E-state index >= 15 is 0 Å². The normalized spacial score (nSPS) is 16.4. The molecule has 0 unspecified atom stereocenters. The molecular weight excluding hydrogens is 264 g/mol. The van der Waals surface area contributed by atoms with Crippen LogP contribution in [0.4, 0.5) is 11.4 Å². The molecule has 0 atom stereocenters. The van der Waals surface area contributed by atoms with Crippen molar-refractivity contribution in [1.82, 2.24) is 0 Å². The van der Waals surface area contributed by atoms with Crippen molar-refractivity contribution in [3.63, 3.8) is 0 Å². The van der Waals surface area contributed by atoms with E-state index in [0.29, 0.717) is 24.8 Å². The molecule has 2 rings (SSSR count). The van der Waals surface area contributed by atoms with Gasteiger partial charge in [0, 0.05) is 11.4 Å². The number of ether oxygens (including phenoxy) is 1. The summed E-state index contributed by atoms with van der Waals surface area (Å²) in [6.45, 7) is 2.45. The predicted octanol–water partition coefficient (Wildman–Crippen LogP) is 3.65. The Balaban J connectivity index is 1.73. The van der Waals surface area contributed by atoms with Crippen molar-refractivity contribution >= 4 is 17.3 Å². The number of rotatable bonds is 5. The van der Waals surface area contributed by atoms with Crippen molar-refractivity contribution in [2.24, 2.45) is 0 Å². The maximum absolute atomic E-state index is 12.0. The highest BCUT2D eigenvalue weighted by atomic mass is 16.5. The van der Waals surface area contributed by atoms with E-state index in [1.807, 2.05) is 19.1 Å². The second kappa shape index (κ2) is 8.03. The summed E-state index contributed by atoms with van der Waals surface area (Å²) >= 11 is 0. The molecule has 0 spiro atoms. The van der Waals surface area contributed by atoms with Crippen LogP contribution in [0.15, 0.2) is 18.2 Å². The van der Waals surface area contributed by atoms with Crippen molar-refractivity contribution in [2.45, 2.75) is 58.0 Å². The summed E-state index contributed by atoms with van der Waals surface area (Å²) in [5, 5.41) is 2.90. The van der Waals surface area contributed by atoms with Gasteiger partial charge in [-0.25, -0.2) is 0 Å². The van der Waals surface area contributed by atoms with Crippen molar-refractivity contribution in [2.75, 3.05) is 17.7 Å². The third-order valence-electron chi connectivity index (χ3n) is 4.02. The van der Waals surface area contributed by atoms with Gasteiger partial charge in [0.15, 0.2) is 0 Å². The van der Waals surface area contributed by atoms with Crippen LogP contribution in [-0.2, 0) is 9.53 Å². The molecule has 1 saturated carbocycles. The molecule has 0 aliphatic heterocycles. The largest absolute Gasteiger partial charge is 0.399 e. The zero-order valence-corrected chi connectivity index (χ0v) is 12.9. The molecule has 0 saturated heterocycles. The summed E-state index contributed by atoms with van der Waals surface area (Å²) in [6, 6.07) is 5.53. The van der Waals surface area contributed by atoms with Crippen molar-refractivity contribution in [1.29, 1.82) is 0 Å². The third-order valence-corrected chi connectivity index (χ3v) is 4.02. The quantitative estimate of drug-likeness (QED) is 0.642. The number of hydrogen-bond donors (Lipinski definition) is 2. The molecule has 0 bridgehead atoms. The second-order valence-electron chi connectivity index (χ2n) is 5.86. The molecule has 0 aromatic heterocycles. The highest BCUT2D eigenvalue weighted by Gasteiger charge is 2.13. The molecule has 1 aromatic carbocycles. The summed E-state index contributed by atoms with van der Waals surface area (Å²) in [5.41, 5.74) is 8.20. The van der Waals surface area contributed by atoms with Crippen LogP contribution in [0.5, 0.6) is 0 Å². The van der Waals surface area contributed by atoms with Crippen LogP contribution in [0.3, 0.4) is 0 Å². The monoisotopic (exact) mass is 290 g/mol. The predicted molar refractivity (Wildman–Crippen MR) is 86.3 cm³/mol. The number of carbonyl (C=O) groups is 1. The van der Waals surface area contributed by atoms with Crippen molar-refractivity contribution < 1.29 is 9.53 Å². The van der Waals surface area contributed by atoms with Gasteiger partial charge in [-0.15, -0.1) is 0 Å². The minimum absolute atomic E-state index is 0.0164. The van der Waals surface area contributed by atoms with Crippen molar-refractivity contribution in [3.8, 4) is 0 Å². The SMILES string of the molecule is Cc1ccc(N)cc1NC(=O)CCOC1CCCCCC1. The van der Waals surface area contributed by atoms with E-state index in [-0.39, 0.29) is 5.91 Å². The molecule has 116 valence electrons. The first-order valence-electron chi connectivity index (χ1n) is 7.93. The molecule has 0 heterocycles. The fraction of sp³-hybridized carbons (Fsp3) is 0.588. The molecule has 1 amide bonds. The van der Waals surface area contributed by atoms with Gasteiger partial charge < -0.3 is 15.8 Å². The Kier molecular flexibility index (Phi) is 6.05. The third kappa shape index (κ3) is 5.38. The van der Waals surface area contributed by atoms with Gasteiger partial charge in [-0.1, -0.05) is 31.7 Å². The van der Waals surface area contributed by atoms with E-state index in [4.69, 9.17) is 10.5 Å². The smallest absolute Gasteiger partial charge is 0.226 e. The number of nitrogen functional groups attached to an aromatic ring is 1. The Morgan fingerprint density at radius 3 is 2.71 bits per heavy atom. The first-order valence-corrected chi connectivity index (χ1v) is 7.93. The molecular formula is C17H26N2O2. The lowest BCUT2D eigenvalue weighted by atomic mass is 10.1. The number of carbonyl (C=O) groups excluding carboxylic acids is 1. The van der Waals surface area contributed by atoms with Gasteiger partial charge in [0.2, 0.25) is 5.91 Å². The average molecular weight is 290 g/mol. The molecule has 1 aromatic rings. The van der Waals surface area contributed by atoms with Crippen LogP contribution in [0.25, 0.3) is 0 Å². The first-order chi connectivity index (χ1) is 10.1. The van der Waals surface area contributed by atoms with E-state index in [1.165, 1.54) is 25.7 Å². The number of aryl methyl sites for hydroxylation is 1. The molecule has 1 aliphatic rings. The summed E-state index contributed by atoms with van der Waals surface area (Å²) in [6.07, 6.45) is 8.13. The zero-order chi connectivity index (χ0) is 15.1. The van der Waals surface area contributed by atoms with E-state index in [1.54, 1.807) is 6.07 Å². The Bertz CT molecular complexity index is 466. The lowest BCUT2D eigenvalue weighted by Crippen LogP contribution is -2.18. The molecule has 1 aliphatic carbocycles. The fourth-order valence-corrected chi connectivity index (χ4v) is 2.71. The highest BCUT2D eigenvalue weighted by Crippen LogP contribution is 2.20. The zero-order valence-electron chi connectivity index (χ0n) is 12.9. The minimum Gasteiger partial charge on any atom is -0.399 e. The second-order valence-corrected chi connectivity index (χ2v) is 5.86. The van der Waals surface area contributed by atoms with Crippen LogP contribution in [0.2, 0.25) is 0 Å². The Morgan fingerprint density at radius 1 is 1.29 bits per heavy atom. The number of nitrogens with one attached hydrogen (secondary N) is 1. The summed E-state index contributed by atoms with van der Waals surface area (Å²) in [7, 11) is 0. The van der Waals surface area contributed by atoms with Crippen LogP contribution in [0.1, 0.15) is 50.5 Å². The summed E-state index contributed by atoms with van der Waals surface area (Å²) in [5.74, 6) is -0.0164. The Labute approximate surface area is 127 Å². The van der Waals surface area contributed by atoms with Gasteiger partial charge in [0.05, 0.1) is 19.1 Å². The number of benzene rings is 1. The molecule has 4 heteroatoms. The summed E-state index contributed by atoms with van der Waals surface area (Å²) < 4.78 is 5.84. The minimum atomic E-state index is -0.0164. The molecule has 3 N–H and O–H groups in total. The molecule has 4 nitrogen and oxygen atoms in total. The van der Waals surface area contributed by atoms with Gasteiger partial charge in [0.1, 0.15) is 0 Å². The van der Waals surface area contributed by atoms with Gasteiger partial charge in [0.25, 0.3) is 0 Å². The standard InChI is InChI=1S/C17H26N2O2/c1-13-8-9-14(18)12-16(13)19-17(20)10-11-21-15-6-4-2-3-5-7-15/h8-9,12,15H,2-7,10-11,18H2,1H3,(H,19,20). The van der Waals surface area contributed by atoms with E-state index in [9.17, 15) is 4.79 Å². The first kappa shape index (κ1) is 15.8. The highest BCUT2D eigenvalue weighted by molar-refractivity contribution is 5.92. The van der Waals surface area contributed by atoms with Gasteiger partial charge in [-0.3, -0.25) is 4.79 Å². The fourth-order valence-electron chi connectivity index (χ4n) is 2.71. The van der Waals surface area contributed by atoms with Crippen LogP contribution in [0, 0.1) is 6.92 Å². The molecule has 0 radical (unpaired) electrons. The number of nitrogens with two attached hydrogens (primary N) is 1. The lowest BCUT2D eigenvalue weighted by molar-refractivity contribution is -0.117. The van der Waals surface area contributed by atoms with Crippen molar-refractivity contribution in [3.05, 3.63) is 23.8 Å². The lowest BCUT2D eigenvalue weighted by Gasteiger charge is -2.15. The van der Waals surface area contributed by atoms with Gasteiger partial charge >= 0.3 is 0 Å². The van der Waals surface area contributed by atoms with E-state index in [0.717, 1.165) is 24.1 Å². The number of hydrogen-bond acceptors (Lipinski definition) is 3. The van der Waals surface area contributed by atoms with Crippen LogP contribution >= 0.6 is 0 Å². The van der Waals surface area contributed by atoms with Gasteiger partial charge in [-0.05, 0) is 37.5 Å². The maximum Gasteiger partial charge on any atom is 0.226 e. The number of anilines is 2. The average Bonchev–Trinajstić information content (AvgIpc) is 2.72. The number of amides is 1. The van der Waals surface area contributed by atoms with Gasteiger partial charge in [-0.2, -0.15) is 0 Å².